The third-order valence-corrected chi connectivity index (χ3v) is 5.93. The van der Waals surface area contributed by atoms with Crippen molar-refractivity contribution in [3.63, 3.8) is 0 Å². The molecule has 0 radical (unpaired) electrons. The molecule has 2 aromatic heterocycles. The van der Waals surface area contributed by atoms with Crippen LogP contribution < -0.4 is 10.6 Å². The number of fused-ring (bicyclic) bond motifs is 1. The van der Waals surface area contributed by atoms with Gasteiger partial charge in [0.05, 0.1) is 11.4 Å². The van der Waals surface area contributed by atoms with E-state index >= 15 is 0 Å². The highest BCUT2D eigenvalue weighted by atomic mass is 19.1. The van der Waals surface area contributed by atoms with Crippen molar-refractivity contribution in [3.05, 3.63) is 66.0 Å². The molecule has 2 aliphatic rings. The lowest BCUT2D eigenvalue weighted by molar-refractivity contribution is 0.211. The zero-order valence-electron chi connectivity index (χ0n) is 18.1. The Kier molecular flexibility index (Phi) is 5.60. The Labute approximate surface area is 190 Å². The lowest BCUT2D eigenvalue weighted by Crippen LogP contribution is -2.38. The topological polar surface area (TPSA) is 92.6 Å². The van der Waals surface area contributed by atoms with Crippen LogP contribution in [0.2, 0.25) is 0 Å². The largest absolute Gasteiger partial charge is 0.355 e. The second kappa shape index (κ2) is 8.85. The predicted octanol–water partition coefficient (Wildman–Crippen LogP) is 3.26. The van der Waals surface area contributed by atoms with Crippen molar-refractivity contribution >= 4 is 24.1 Å². The zero-order valence-corrected chi connectivity index (χ0v) is 18.1. The molecule has 33 heavy (non-hydrogen) atoms. The summed E-state index contributed by atoms with van der Waals surface area (Å²) in [4.78, 5) is 29.1. The summed E-state index contributed by atoms with van der Waals surface area (Å²) >= 11 is 0. The van der Waals surface area contributed by atoms with Gasteiger partial charge < -0.3 is 15.5 Å². The Morgan fingerprint density at radius 2 is 1.88 bits per heavy atom. The van der Waals surface area contributed by atoms with Crippen LogP contribution in [0.1, 0.15) is 17.8 Å². The molecule has 2 aliphatic heterocycles. The highest BCUT2D eigenvalue weighted by Gasteiger charge is 2.21. The van der Waals surface area contributed by atoms with E-state index in [0.717, 1.165) is 47.2 Å². The van der Waals surface area contributed by atoms with Crippen molar-refractivity contribution in [2.45, 2.75) is 12.8 Å². The summed E-state index contributed by atoms with van der Waals surface area (Å²) in [6, 6.07) is 9.97. The molecule has 4 heterocycles. The molecular formula is C24H24FN7O. The first kappa shape index (κ1) is 20.9. The number of pyridine rings is 1. The fraction of sp³-hybridized carbons (Fsp3) is 0.250. The number of primary amides is 1. The van der Waals surface area contributed by atoms with E-state index in [2.05, 4.69) is 9.89 Å². The van der Waals surface area contributed by atoms with Gasteiger partial charge >= 0.3 is 6.03 Å². The van der Waals surface area contributed by atoms with E-state index in [4.69, 9.17) is 15.7 Å². The van der Waals surface area contributed by atoms with Crippen molar-refractivity contribution in [1.82, 2.24) is 19.4 Å². The number of halogens is 1. The van der Waals surface area contributed by atoms with Gasteiger partial charge in [-0.2, -0.15) is 0 Å². The highest BCUT2D eigenvalue weighted by molar-refractivity contribution is 5.73. The number of hydrogen-bond donors (Lipinski definition) is 1. The number of carbonyl (C=O) groups is 1. The van der Waals surface area contributed by atoms with Gasteiger partial charge in [-0.15, -0.1) is 0 Å². The Balaban J connectivity index is 1.48. The average molecular weight is 446 g/mol. The maximum Gasteiger partial charge on any atom is 0.314 e. The Bertz CT molecular complexity index is 1210. The number of imidazole rings is 1. The summed E-state index contributed by atoms with van der Waals surface area (Å²) in [6.45, 7) is 2.71. The number of rotatable bonds is 3. The molecule has 2 N–H and O–H groups in total. The summed E-state index contributed by atoms with van der Waals surface area (Å²) < 4.78 is 15.6. The smallest absolute Gasteiger partial charge is 0.314 e. The molecule has 1 aromatic carbocycles. The number of hydrogen-bond acceptors (Lipinski definition) is 5. The fourth-order valence-corrected chi connectivity index (χ4v) is 4.25. The third kappa shape index (κ3) is 4.21. The summed E-state index contributed by atoms with van der Waals surface area (Å²) in [7, 11) is 0. The molecule has 8 nitrogen and oxygen atoms in total. The van der Waals surface area contributed by atoms with Crippen molar-refractivity contribution in [3.8, 4) is 17.1 Å². The van der Waals surface area contributed by atoms with E-state index < -0.39 is 0 Å². The summed E-state index contributed by atoms with van der Waals surface area (Å²) in [5.41, 5.74) is 8.93. The van der Waals surface area contributed by atoms with Gasteiger partial charge in [0.1, 0.15) is 17.5 Å². The number of nitrogens with zero attached hydrogens (tertiary/aromatic N) is 6. The maximum absolute atomic E-state index is 13.6. The van der Waals surface area contributed by atoms with Crippen LogP contribution in [-0.2, 0) is 6.42 Å². The monoisotopic (exact) mass is 445 g/mol. The molecule has 3 aromatic rings. The maximum atomic E-state index is 13.6. The molecule has 9 heteroatoms. The number of carbonyl (C=O) groups excluding carboxylic acids is 1. The van der Waals surface area contributed by atoms with Gasteiger partial charge in [0.15, 0.2) is 0 Å². The Morgan fingerprint density at radius 1 is 1.03 bits per heavy atom. The highest BCUT2D eigenvalue weighted by Crippen LogP contribution is 2.29. The standard InChI is InChI=1S/C24H24FN7O/c25-18-3-5-19(6-4-18)32-21-9-11-27-10-8-20(21)29-23(32)17-2-7-22(28-16-17)30-12-1-13-31(15-14-30)24(26)33/h2-8,10-11,16H,1,9,12-15H2,(H2,26,33). The van der Waals surface area contributed by atoms with Gasteiger partial charge in [-0.3, -0.25) is 9.56 Å². The Hall–Kier alpha value is -4.01. The minimum absolute atomic E-state index is 0.286. The molecule has 2 amide bonds. The lowest BCUT2D eigenvalue weighted by atomic mass is 10.2. The van der Waals surface area contributed by atoms with Crippen LogP contribution in [0.25, 0.3) is 23.2 Å². The molecule has 1 fully saturated rings. The number of urea groups is 1. The minimum Gasteiger partial charge on any atom is -0.355 e. The van der Waals surface area contributed by atoms with E-state index in [1.54, 1.807) is 23.2 Å². The molecule has 0 aliphatic carbocycles. The number of anilines is 1. The van der Waals surface area contributed by atoms with E-state index in [-0.39, 0.29) is 11.8 Å². The molecule has 0 saturated carbocycles. The lowest BCUT2D eigenvalue weighted by Gasteiger charge is -2.22. The van der Waals surface area contributed by atoms with Crippen LogP contribution in [0.4, 0.5) is 15.0 Å². The van der Waals surface area contributed by atoms with Crippen molar-refractivity contribution in [2.24, 2.45) is 10.7 Å². The van der Waals surface area contributed by atoms with Gasteiger partial charge in [0.2, 0.25) is 0 Å². The molecular weight excluding hydrogens is 421 g/mol. The summed E-state index contributed by atoms with van der Waals surface area (Å²) in [6.07, 6.45) is 8.71. The quantitative estimate of drug-likeness (QED) is 0.670. The first-order valence-corrected chi connectivity index (χ1v) is 10.9. The van der Waals surface area contributed by atoms with E-state index in [1.807, 2.05) is 35.2 Å². The van der Waals surface area contributed by atoms with Gasteiger partial charge in [-0.1, -0.05) is 0 Å². The van der Waals surface area contributed by atoms with E-state index in [0.29, 0.717) is 26.1 Å². The van der Waals surface area contributed by atoms with Crippen LogP contribution in [0.5, 0.6) is 0 Å². The van der Waals surface area contributed by atoms with Gasteiger partial charge in [-0.25, -0.2) is 19.2 Å². The molecule has 168 valence electrons. The number of aliphatic imine (C=N–C) groups is 1. The molecule has 0 bridgehead atoms. The third-order valence-electron chi connectivity index (χ3n) is 5.93. The SMILES string of the molecule is NC(=O)N1CCCN(c2ccc(-c3nc4c(n3-c3ccc(F)cc3)CC=NC=C4)cn2)CC1. The van der Waals surface area contributed by atoms with Crippen LogP contribution in [-0.4, -0.2) is 57.9 Å². The first-order chi connectivity index (χ1) is 16.1. The second-order valence-corrected chi connectivity index (χ2v) is 8.00. The summed E-state index contributed by atoms with van der Waals surface area (Å²) in [5.74, 6) is 1.30. The van der Waals surface area contributed by atoms with Crippen molar-refractivity contribution in [1.29, 1.82) is 0 Å². The molecule has 0 unspecified atom stereocenters. The van der Waals surface area contributed by atoms with Crippen molar-refractivity contribution < 1.29 is 9.18 Å². The average Bonchev–Trinajstić information content (AvgIpc) is 3.00. The van der Waals surface area contributed by atoms with Gasteiger partial charge in [0.25, 0.3) is 0 Å². The van der Waals surface area contributed by atoms with Crippen LogP contribution in [0.15, 0.2) is 53.8 Å². The first-order valence-electron chi connectivity index (χ1n) is 10.9. The fourth-order valence-electron chi connectivity index (χ4n) is 4.25. The number of aromatic nitrogens is 3. The molecule has 0 atom stereocenters. The van der Waals surface area contributed by atoms with Crippen molar-refractivity contribution in [2.75, 3.05) is 31.1 Å². The number of amides is 2. The second-order valence-electron chi connectivity index (χ2n) is 8.00. The number of benzene rings is 1. The molecule has 5 rings (SSSR count). The van der Waals surface area contributed by atoms with Gasteiger partial charge in [-0.05, 0) is 48.9 Å². The van der Waals surface area contributed by atoms with Crippen LogP contribution >= 0.6 is 0 Å². The van der Waals surface area contributed by atoms with Crippen LogP contribution in [0.3, 0.4) is 0 Å². The van der Waals surface area contributed by atoms with Crippen LogP contribution in [0, 0.1) is 5.82 Å². The van der Waals surface area contributed by atoms with E-state index in [9.17, 15) is 9.18 Å². The normalized spacial score (nSPS) is 15.8. The predicted molar refractivity (Wildman–Crippen MR) is 126 cm³/mol. The summed E-state index contributed by atoms with van der Waals surface area (Å²) in [5, 5.41) is 0. The molecule has 1 saturated heterocycles. The van der Waals surface area contributed by atoms with E-state index in [1.165, 1.54) is 12.1 Å². The molecule has 0 spiro atoms. The zero-order chi connectivity index (χ0) is 22.8. The number of nitrogens with two attached hydrogens (primary N) is 1. The Morgan fingerprint density at radius 3 is 2.64 bits per heavy atom. The van der Waals surface area contributed by atoms with Gasteiger partial charge in [0, 0.05) is 62.5 Å². The minimum atomic E-state index is -0.383.